The van der Waals surface area contributed by atoms with Crippen molar-refractivity contribution < 1.29 is 19.0 Å². The van der Waals surface area contributed by atoms with Crippen molar-refractivity contribution in [1.29, 1.82) is 0 Å². The summed E-state index contributed by atoms with van der Waals surface area (Å²) in [6, 6.07) is 42.6. The summed E-state index contributed by atoms with van der Waals surface area (Å²) in [4.78, 5) is 14.9. The molecule has 0 saturated carbocycles. The zero-order valence-corrected chi connectivity index (χ0v) is 25.6. The van der Waals surface area contributed by atoms with Crippen LogP contribution >= 0.6 is 0 Å². The van der Waals surface area contributed by atoms with Gasteiger partial charge >= 0.3 is 0 Å². The van der Waals surface area contributed by atoms with Crippen LogP contribution < -0.4 is 14.2 Å². The highest BCUT2D eigenvalue weighted by Crippen LogP contribution is 2.38. The monoisotopic (exact) mass is 585 g/mol. The molecule has 0 aliphatic heterocycles. The van der Waals surface area contributed by atoms with E-state index in [1.807, 2.05) is 72.8 Å². The molecule has 0 amide bonds. The van der Waals surface area contributed by atoms with Crippen LogP contribution in [0.3, 0.4) is 0 Å². The van der Waals surface area contributed by atoms with Crippen LogP contribution in [-0.2, 0) is 13.2 Å². The lowest BCUT2D eigenvalue weighted by atomic mass is 9.87. The average Bonchev–Trinajstić information content (AvgIpc) is 3.09. The van der Waals surface area contributed by atoms with Gasteiger partial charge < -0.3 is 14.2 Å². The highest BCUT2D eigenvalue weighted by atomic mass is 16.5. The number of carbonyl (C=O) groups excluding carboxylic acids is 1. The maximum absolute atomic E-state index is 12.6. The molecule has 0 radical (unpaired) electrons. The average molecular weight is 586 g/mol. The smallest absolute Gasteiger partial charge is 0.162 e. The van der Waals surface area contributed by atoms with Crippen molar-refractivity contribution in [3.8, 4) is 17.2 Å². The molecule has 0 aliphatic carbocycles. The first kappa shape index (κ1) is 30.6. The quantitative estimate of drug-likeness (QED) is 0.122. The van der Waals surface area contributed by atoms with E-state index in [2.05, 4.69) is 67.4 Å². The molecule has 5 nitrogen and oxygen atoms in total. The fraction of sp³-hybridized carbons (Fsp3) is 0.205. The summed E-state index contributed by atoms with van der Waals surface area (Å²) in [5.41, 5.74) is 5.92. The fourth-order valence-electron chi connectivity index (χ4n) is 5.36. The second kappa shape index (κ2) is 15.0. The second-order valence-corrected chi connectivity index (χ2v) is 10.9. The molecule has 5 rings (SSSR count). The van der Waals surface area contributed by atoms with Crippen LogP contribution in [0.2, 0.25) is 0 Å². The summed E-state index contributed by atoms with van der Waals surface area (Å²) in [5.74, 6) is 1.80. The summed E-state index contributed by atoms with van der Waals surface area (Å²) in [6.45, 7) is 3.75. The van der Waals surface area contributed by atoms with E-state index in [-0.39, 0.29) is 12.0 Å². The van der Waals surface area contributed by atoms with Gasteiger partial charge in [-0.25, -0.2) is 0 Å². The van der Waals surface area contributed by atoms with Gasteiger partial charge in [0.15, 0.2) is 11.5 Å². The third-order valence-corrected chi connectivity index (χ3v) is 8.05. The molecule has 0 aliphatic rings. The van der Waals surface area contributed by atoms with Gasteiger partial charge in [0.2, 0.25) is 0 Å². The molecule has 5 aromatic rings. The minimum atomic E-state index is -0.119. The van der Waals surface area contributed by atoms with Crippen molar-refractivity contribution in [2.24, 2.45) is 0 Å². The number of likely N-dealkylation sites (N-methyl/N-ethyl adjacent to an activating group) is 1. The first-order valence-electron chi connectivity index (χ1n) is 14.9. The molecule has 5 heteroatoms. The van der Waals surface area contributed by atoms with Gasteiger partial charge in [-0.1, -0.05) is 103 Å². The van der Waals surface area contributed by atoms with Crippen LogP contribution in [0.15, 0.2) is 127 Å². The number of ether oxygens (including phenoxy) is 3. The van der Waals surface area contributed by atoms with Gasteiger partial charge in [0, 0.05) is 24.1 Å². The minimum absolute atomic E-state index is 0.119. The molecule has 5 aromatic carbocycles. The van der Waals surface area contributed by atoms with E-state index >= 15 is 0 Å². The molecule has 224 valence electrons. The molecule has 0 saturated heterocycles. The van der Waals surface area contributed by atoms with Gasteiger partial charge in [0.05, 0.1) is 7.11 Å². The van der Waals surface area contributed by atoms with Gasteiger partial charge in [-0.05, 0) is 66.1 Å². The number of benzene rings is 5. The zero-order valence-electron chi connectivity index (χ0n) is 25.6. The lowest BCUT2D eigenvalue weighted by molar-refractivity contribution is 0.112. The number of nitrogens with zero attached hydrogens (tertiary/aromatic N) is 1. The van der Waals surface area contributed by atoms with E-state index < -0.39 is 0 Å². The molecule has 44 heavy (non-hydrogen) atoms. The predicted molar refractivity (Wildman–Crippen MR) is 176 cm³/mol. The topological polar surface area (TPSA) is 48.0 Å². The van der Waals surface area contributed by atoms with Gasteiger partial charge in [0.1, 0.15) is 25.2 Å². The molecule has 2 atom stereocenters. The van der Waals surface area contributed by atoms with E-state index in [0.29, 0.717) is 36.8 Å². The van der Waals surface area contributed by atoms with E-state index in [9.17, 15) is 4.79 Å². The van der Waals surface area contributed by atoms with Crippen LogP contribution in [0.25, 0.3) is 0 Å². The number of methoxy groups -OCH3 is 1. The molecular formula is C39H39NO4. The summed E-state index contributed by atoms with van der Waals surface area (Å²) in [6.07, 6.45) is 0.912. The Bertz CT molecular complexity index is 1610. The van der Waals surface area contributed by atoms with Crippen molar-refractivity contribution in [2.75, 3.05) is 20.7 Å². The van der Waals surface area contributed by atoms with Crippen molar-refractivity contribution in [2.45, 2.75) is 32.1 Å². The molecular weight excluding hydrogens is 546 g/mol. The van der Waals surface area contributed by atoms with Gasteiger partial charge in [-0.3, -0.25) is 9.69 Å². The highest BCUT2D eigenvalue weighted by molar-refractivity contribution is 5.80. The zero-order chi connectivity index (χ0) is 30.7. The first-order chi connectivity index (χ1) is 21.6. The van der Waals surface area contributed by atoms with E-state index in [1.165, 1.54) is 5.56 Å². The molecule has 0 fully saturated rings. The Labute approximate surface area is 260 Å². The molecule has 0 spiro atoms. The lowest BCUT2D eigenvalue weighted by Crippen LogP contribution is -2.28. The molecule has 0 N–H and O–H groups in total. The van der Waals surface area contributed by atoms with Crippen LogP contribution in [-0.4, -0.2) is 31.9 Å². The van der Waals surface area contributed by atoms with Gasteiger partial charge in [-0.15, -0.1) is 0 Å². The Morgan fingerprint density at radius 2 is 1.25 bits per heavy atom. The first-order valence-corrected chi connectivity index (χ1v) is 14.9. The third kappa shape index (κ3) is 7.74. The Morgan fingerprint density at radius 3 is 1.82 bits per heavy atom. The number of hydrogen-bond donors (Lipinski definition) is 0. The predicted octanol–water partition coefficient (Wildman–Crippen LogP) is 8.49. The van der Waals surface area contributed by atoms with E-state index in [4.69, 9.17) is 14.2 Å². The second-order valence-electron chi connectivity index (χ2n) is 10.9. The van der Waals surface area contributed by atoms with Crippen LogP contribution in [0, 0.1) is 0 Å². The summed E-state index contributed by atoms with van der Waals surface area (Å²) in [5, 5.41) is 0. The lowest BCUT2D eigenvalue weighted by Gasteiger charge is -2.31. The molecule has 0 aromatic heterocycles. The minimum Gasteiger partial charge on any atom is -0.493 e. The van der Waals surface area contributed by atoms with Crippen molar-refractivity contribution in [3.63, 3.8) is 0 Å². The van der Waals surface area contributed by atoms with Crippen LogP contribution in [0.4, 0.5) is 0 Å². The molecule has 0 unspecified atom stereocenters. The molecule has 0 bridgehead atoms. The number of hydrogen-bond acceptors (Lipinski definition) is 5. The standard InChI is InChI=1S/C39H39NO4/c1-29(32-17-11-6-12-18-32)40(2)25-37(33-19-21-35(22-20-33)43-27-30-13-7-4-8-14-30)36-24-38(42-3)39(23-34(36)26-41)44-28-31-15-9-5-10-16-31/h4-24,26,29,37H,25,27-28H2,1-3H3/t29-,37-/m1/s1. The summed E-state index contributed by atoms with van der Waals surface area (Å²) >= 11 is 0. The van der Waals surface area contributed by atoms with Crippen LogP contribution in [0.5, 0.6) is 17.2 Å². The largest absolute Gasteiger partial charge is 0.493 e. The SMILES string of the molecule is COc1cc([C@H](CN(C)[C@H](C)c2ccccc2)c2ccc(OCc3ccccc3)cc2)c(C=O)cc1OCc1ccccc1. The highest BCUT2D eigenvalue weighted by Gasteiger charge is 2.25. The Balaban J connectivity index is 1.46. The molecule has 0 heterocycles. The van der Waals surface area contributed by atoms with E-state index in [1.54, 1.807) is 13.2 Å². The van der Waals surface area contributed by atoms with Crippen LogP contribution in [0.1, 0.15) is 57.1 Å². The summed E-state index contributed by atoms with van der Waals surface area (Å²) < 4.78 is 18.0. The number of rotatable bonds is 14. The van der Waals surface area contributed by atoms with E-state index in [0.717, 1.165) is 34.3 Å². The number of aldehydes is 1. The normalized spacial score (nSPS) is 12.4. The number of carbonyl (C=O) groups is 1. The van der Waals surface area contributed by atoms with Crippen molar-refractivity contribution in [1.82, 2.24) is 4.90 Å². The third-order valence-electron chi connectivity index (χ3n) is 8.05. The Morgan fingerprint density at radius 1 is 0.682 bits per heavy atom. The fourth-order valence-corrected chi connectivity index (χ4v) is 5.36. The Hall–Kier alpha value is -4.87. The van der Waals surface area contributed by atoms with Crippen molar-refractivity contribution >= 4 is 6.29 Å². The Kier molecular flexibility index (Phi) is 10.5. The summed E-state index contributed by atoms with van der Waals surface area (Å²) in [7, 11) is 3.75. The maximum atomic E-state index is 12.6. The van der Waals surface area contributed by atoms with Gasteiger partial charge in [-0.2, -0.15) is 0 Å². The maximum Gasteiger partial charge on any atom is 0.162 e. The van der Waals surface area contributed by atoms with Gasteiger partial charge in [0.25, 0.3) is 0 Å². The van der Waals surface area contributed by atoms with Crippen molar-refractivity contribution in [3.05, 3.63) is 161 Å².